The summed E-state index contributed by atoms with van der Waals surface area (Å²) in [5, 5.41) is 18.2. The molecule has 0 aliphatic heterocycles. The lowest BCUT2D eigenvalue weighted by Crippen LogP contribution is -2.18. The van der Waals surface area contributed by atoms with Gasteiger partial charge in [-0.25, -0.2) is 9.59 Å². The van der Waals surface area contributed by atoms with E-state index in [1.807, 2.05) is 0 Å². The van der Waals surface area contributed by atoms with Gasteiger partial charge in [0.25, 0.3) is 0 Å². The number of carboxylic acid groups (broad SMARTS) is 2. The van der Waals surface area contributed by atoms with Crippen LogP contribution < -0.4 is 0 Å². The van der Waals surface area contributed by atoms with Crippen LogP contribution in [0, 0.1) is 35.5 Å². The van der Waals surface area contributed by atoms with Crippen molar-refractivity contribution < 1.29 is 19.8 Å². The van der Waals surface area contributed by atoms with Crippen LogP contribution in [0.2, 0.25) is 0 Å². The van der Waals surface area contributed by atoms with Crippen molar-refractivity contribution in [1.29, 1.82) is 0 Å². The largest absolute Gasteiger partial charge is 0.478 e. The second-order valence-corrected chi connectivity index (χ2v) is 5.21. The lowest BCUT2D eigenvalue weighted by Gasteiger charge is -2.12. The third-order valence-corrected chi connectivity index (χ3v) is 5.01. The summed E-state index contributed by atoms with van der Waals surface area (Å²) in [5.74, 6) is 0.191. The van der Waals surface area contributed by atoms with Gasteiger partial charge < -0.3 is 10.2 Å². The van der Waals surface area contributed by atoms with E-state index in [2.05, 4.69) is 0 Å². The highest BCUT2D eigenvalue weighted by molar-refractivity contribution is 6.02. The van der Waals surface area contributed by atoms with E-state index in [-0.39, 0.29) is 23.0 Å². The lowest BCUT2D eigenvalue weighted by atomic mass is 9.92. The van der Waals surface area contributed by atoms with Crippen LogP contribution in [0.4, 0.5) is 0 Å². The summed E-state index contributed by atoms with van der Waals surface area (Å²) >= 11 is 0. The van der Waals surface area contributed by atoms with Crippen molar-refractivity contribution in [2.24, 2.45) is 35.5 Å². The summed E-state index contributed by atoms with van der Waals surface area (Å²) < 4.78 is 0. The molecule has 0 radical (unpaired) electrons. The molecule has 78 valence electrons. The van der Waals surface area contributed by atoms with E-state index in [1.165, 1.54) is 0 Å². The lowest BCUT2D eigenvalue weighted by molar-refractivity contribution is -0.136. The highest BCUT2D eigenvalue weighted by atomic mass is 16.4. The standard InChI is InChI=1S/C11H10O4/c12-10(13)8-6-3-1-2-4(6)5(2)7(3)9(8)11(14)15/h2-7H,1H2,(H,12,13)(H,14,15)/t2?,3?,4-,5+,6-,7-/m1/s1. The number of carbonyl (C=O) groups is 2. The molecule has 4 heteroatoms. The van der Waals surface area contributed by atoms with Crippen molar-refractivity contribution in [2.45, 2.75) is 6.42 Å². The van der Waals surface area contributed by atoms with Crippen molar-refractivity contribution in [1.82, 2.24) is 0 Å². The van der Waals surface area contributed by atoms with Gasteiger partial charge >= 0.3 is 11.9 Å². The molecule has 2 unspecified atom stereocenters. The van der Waals surface area contributed by atoms with Gasteiger partial charge in [-0.15, -0.1) is 0 Å². The van der Waals surface area contributed by atoms with E-state index >= 15 is 0 Å². The zero-order valence-corrected chi connectivity index (χ0v) is 7.88. The molecule has 0 spiro atoms. The molecular formula is C11H10O4. The Kier molecular flexibility index (Phi) is 1.03. The maximum absolute atomic E-state index is 11.1. The van der Waals surface area contributed by atoms with E-state index in [1.54, 1.807) is 0 Å². The molecule has 2 N–H and O–H groups in total. The van der Waals surface area contributed by atoms with Crippen molar-refractivity contribution in [2.75, 3.05) is 0 Å². The maximum atomic E-state index is 11.1. The summed E-state index contributed by atoms with van der Waals surface area (Å²) in [5.41, 5.74) is 0.470. The van der Waals surface area contributed by atoms with Crippen LogP contribution in [0.1, 0.15) is 6.42 Å². The molecule has 5 aliphatic rings. The van der Waals surface area contributed by atoms with Crippen LogP contribution in [0.15, 0.2) is 11.1 Å². The Morgan fingerprint density at radius 1 is 0.933 bits per heavy atom. The highest BCUT2D eigenvalue weighted by Gasteiger charge is 2.79. The van der Waals surface area contributed by atoms with Gasteiger partial charge in [-0.2, -0.15) is 0 Å². The first kappa shape index (κ1) is 7.91. The number of carboxylic acids is 2. The molecule has 6 bridgehead atoms. The van der Waals surface area contributed by atoms with E-state index in [4.69, 9.17) is 10.2 Å². The Morgan fingerprint density at radius 3 is 1.73 bits per heavy atom. The molecule has 0 saturated heterocycles. The van der Waals surface area contributed by atoms with E-state index < -0.39 is 11.9 Å². The predicted molar refractivity (Wildman–Crippen MR) is 47.9 cm³/mol. The Hall–Kier alpha value is -1.32. The maximum Gasteiger partial charge on any atom is 0.332 e. The third-order valence-electron chi connectivity index (χ3n) is 5.01. The summed E-state index contributed by atoms with van der Waals surface area (Å²) in [6.07, 6.45) is 1.07. The second-order valence-electron chi connectivity index (χ2n) is 5.21. The molecule has 4 fully saturated rings. The number of hydrogen-bond donors (Lipinski definition) is 2. The zero-order chi connectivity index (χ0) is 10.5. The molecule has 5 aliphatic carbocycles. The van der Waals surface area contributed by atoms with Gasteiger partial charge in [0.05, 0.1) is 11.1 Å². The van der Waals surface area contributed by atoms with Gasteiger partial charge in [0.15, 0.2) is 0 Å². The molecule has 0 aromatic carbocycles. The van der Waals surface area contributed by atoms with Crippen LogP contribution in [0.5, 0.6) is 0 Å². The molecule has 0 heterocycles. The minimum atomic E-state index is -1.00. The number of hydrogen-bond acceptors (Lipinski definition) is 2. The molecule has 4 saturated carbocycles. The molecule has 15 heavy (non-hydrogen) atoms. The van der Waals surface area contributed by atoms with Gasteiger partial charge in [0.1, 0.15) is 0 Å². The van der Waals surface area contributed by atoms with Crippen LogP contribution in [0.3, 0.4) is 0 Å². The van der Waals surface area contributed by atoms with Gasteiger partial charge in [-0.3, -0.25) is 0 Å². The highest BCUT2D eigenvalue weighted by Crippen LogP contribution is 2.81. The van der Waals surface area contributed by atoms with Crippen molar-refractivity contribution in [3.05, 3.63) is 11.1 Å². The zero-order valence-electron chi connectivity index (χ0n) is 7.88. The molecule has 0 aromatic rings. The third kappa shape index (κ3) is 0.610. The van der Waals surface area contributed by atoms with Gasteiger partial charge in [0, 0.05) is 0 Å². The fraction of sp³-hybridized carbons (Fsp3) is 0.636. The van der Waals surface area contributed by atoms with Crippen molar-refractivity contribution in [3.8, 4) is 0 Å². The van der Waals surface area contributed by atoms with Crippen LogP contribution >= 0.6 is 0 Å². The monoisotopic (exact) mass is 206 g/mol. The van der Waals surface area contributed by atoms with Gasteiger partial charge in [0.2, 0.25) is 0 Å². The summed E-state index contributed by atoms with van der Waals surface area (Å²) in [6.45, 7) is 0. The molecule has 0 amide bonds. The topological polar surface area (TPSA) is 74.6 Å². The van der Waals surface area contributed by atoms with Crippen molar-refractivity contribution >= 4 is 11.9 Å². The second kappa shape index (κ2) is 1.96. The molecule has 0 aromatic heterocycles. The minimum Gasteiger partial charge on any atom is -0.478 e. The average Bonchev–Trinajstić information content (AvgIpc) is 2.55. The fourth-order valence-corrected chi connectivity index (χ4v) is 4.84. The SMILES string of the molecule is O=C(O)C1=C(C(=O)O)[C@@H]2C3CC4[C@H]([C@H]42)[C@H]13. The average molecular weight is 206 g/mol. The van der Waals surface area contributed by atoms with Crippen LogP contribution in [0.25, 0.3) is 0 Å². The normalized spacial score (nSPS) is 52.5. The van der Waals surface area contributed by atoms with E-state index in [9.17, 15) is 9.59 Å². The summed E-state index contributed by atoms with van der Waals surface area (Å²) in [4.78, 5) is 22.2. The number of aliphatic carboxylic acids is 2. The molecule has 5 rings (SSSR count). The van der Waals surface area contributed by atoms with Crippen molar-refractivity contribution in [3.63, 3.8) is 0 Å². The molecule has 6 atom stereocenters. The Bertz CT molecular complexity index is 412. The van der Waals surface area contributed by atoms with E-state index in [0.717, 1.165) is 6.42 Å². The molecule has 4 nitrogen and oxygen atoms in total. The minimum absolute atomic E-state index is 0.0774. The predicted octanol–water partition coefficient (Wildman–Crippen LogP) is 0.594. The van der Waals surface area contributed by atoms with Crippen LogP contribution in [-0.4, -0.2) is 22.2 Å². The number of rotatable bonds is 2. The fourth-order valence-electron chi connectivity index (χ4n) is 4.84. The quantitative estimate of drug-likeness (QED) is 0.693. The summed E-state index contributed by atoms with van der Waals surface area (Å²) in [7, 11) is 0. The smallest absolute Gasteiger partial charge is 0.332 e. The van der Waals surface area contributed by atoms with Gasteiger partial charge in [-0.1, -0.05) is 0 Å². The first-order valence-electron chi connectivity index (χ1n) is 5.33. The molecular weight excluding hydrogens is 196 g/mol. The van der Waals surface area contributed by atoms with E-state index in [0.29, 0.717) is 23.7 Å². The Labute approximate surface area is 85.6 Å². The first-order valence-corrected chi connectivity index (χ1v) is 5.33. The first-order chi connectivity index (χ1) is 7.13. The summed E-state index contributed by atoms with van der Waals surface area (Å²) in [6, 6.07) is 0. The van der Waals surface area contributed by atoms with Gasteiger partial charge in [-0.05, 0) is 41.9 Å². The van der Waals surface area contributed by atoms with Crippen LogP contribution in [-0.2, 0) is 9.59 Å². The Balaban J connectivity index is 1.92. The Morgan fingerprint density at radius 2 is 1.40 bits per heavy atom.